The number of aliphatic hydroxyl groups is 1. The Morgan fingerprint density at radius 1 is 1.64 bits per heavy atom. The first-order chi connectivity index (χ1) is 6.66. The van der Waals surface area contributed by atoms with Crippen molar-refractivity contribution in [1.82, 2.24) is 4.98 Å². The van der Waals surface area contributed by atoms with E-state index in [4.69, 9.17) is 0 Å². The van der Waals surface area contributed by atoms with Crippen LogP contribution in [-0.2, 0) is 0 Å². The number of aromatic nitrogens is 1. The average molecular weight is 261 g/mol. The van der Waals surface area contributed by atoms with Crippen molar-refractivity contribution < 1.29 is 9.50 Å². The van der Waals surface area contributed by atoms with Crippen molar-refractivity contribution in [3.8, 4) is 0 Å². The molecule has 0 spiro atoms. The molecule has 1 aromatic rings. The first-order valence-electron chi connectivity index (χ1n) is 4.41. The van der Waals surface area contributed by atoms with Gasteiger partial charge < -0.3 is 10.0 Å². The molecule has 0 saturated carbocycles. The Bertz CT molecular complexity index is 348. The monoisotopic (exact) mass is 260 g/mol. The molecule has 0 bridgehead atoms. The number of aliphatic hydroxyl groups excluding tert-OH is 1. The van der Waals surface area contributed by atoms with Gasteiger partial charge in [-0.05, 0) is 28.4 Å². The highest BCUT2D eigenvalue weighted by Crippen LogP contribution is 2.23. The summed E-state index contributed by atoms with van der Waals surface area (Å²) in [5.41, 5.74) is 0. The van der Waals surface area contributed by atoms with E-state index in [9.17, 15) is 9.50 Å². The summed E-state index contributed by atoms with van der Waals surface area (Å²) < 4.78 is 14.0. The van der Waals surface area contributed by atoms with E-state index < -0.39 is 0 Å². The van der Waals surface area contributed by atoms with E-state index in [-0.39, 0.29) is 11.9 Å². The number of hydrogen-bond donors (Lipinski definition) is 1. The fourth-order valence-corrected chi connectivity index (χ4v) is 1.88. The van der Waals surface area contributed by atoms with E-state index in [1.807, 2.05) is 0 Å². The van der Waals surface area contributed by atoms with Gasteiger partial charge in [-0.15, -0.1) is 0 Å². The second kappa shape index (κ2) is 3.82. The molecule has 76 valence electrons. The molecule has 0 amide bonds. The molecular weight excluding hydrogens is 251 g/mol. The summed E-state index contributed by atoms with van der Waals surface area (Å²) >= 11 is 3.15. The Labute approximate surface area is 89.7 Å². The van der Waals surface area contributed by atoms with Crippen LogP contribution in [0.1, 0.15) is 6.42 Å². The molecule has 1 atom stereocenters. The summed E-state index contributed by atoms with van der Waals surface area (Å²) in [6.07, 6.45) is 1.88. The van der Waals surface area contributed by atoms with E-state index in [1.54, 1.807) is 11.1 Å². The van der Waals surface area contributed by atoms with Gasteiger partial charge in [-0.2, -0.15) is 0 Å². The molecule has 0 radical (unpaired) electrons. The zero-order valence-corrected chi connectivity index (χ0v) is 9.04. The van der Waals surface area contributed by atoms with Gasteiger partial charge in [0.25, 0.3) is 0 Å². The number of rotatable bonds is 1. The topological polar surface area (TPSA) is 36.4 Å². The smallest absolute Gasteiger partial charge is 0.166 e. The molecule has 3 nitrogen and oxygen atoms in total. The third kappa shape index (κ3) is 1.88. The van der Waals surface area contributed by atoms with Crippen LogP contribution in [0.2, 0.25) is 0 Å². The zero-order chi connectivity index (χ0) is 10.1. The highest BCUT2D eigenvalue weighted by atomic mass is 79.9. The molecule has 0 aliphatic carbocycles. The maximum atomic E-state index is 13.4. The summed E-state index contributed by atoms with van der Waals surface area (Å²) in [4.78, 5) is 5.74. The molecule has 1 aliphatic heterocycles. The second-order valence-electron chi connectivity index (χ2n) is 3.35. The van der Waals surface area contributed by atoms with Crippen LogP contribution in [0.4, 0.5) is 10.2 Å². The predicted octanol–water partition coefficient (Wildman–Crippen LogP) is 1.55. The predicted molar refractivity (Wildman–Crippen MR) is 54.7 cm³/mol. The molecule has 14 heavy (non-hydrogen) atoms. The maximum absolute atomic E-state index is 13.4. The number of β-amino-alcohol motifs (C(OH)–C–C–N with tert-alkyl or cyclic N) is 1. The van der Waals surface area contributed by atoms with Crippen LogP contribution >= 0.6 is 15.9 Å². The Morgan fingerprint density at radius 3 is 3.00 bits per heavy atom. The molecule has 1 saturated heterocycles. The molecule has 2 rings (SSSR count). The van der Waals surface area contributed by atoms with Gasteiger partial charge in [0.15, 0.2) is 11.6 Å². The Kier molecular flexibility index (Phi) is 2.69. The second-order valence-corrected chi connectivity index (χ2v) is 4.26. The van der Waals surface area contributed by atoms with Gasteiger partial charge in [0.05, 0.1) is 6.10 Å². The fraction of sp³-hybridized carbons (Fsp3) is 0.444. The van der Waals surface area contributed by atoms with Crippen LogP contribution in [-0.4, -0.2) is 29.3 Å². The summed E-state index contributed by atoms with van der Waals surface area (Å²) in [5.74, 6) is -0.0294. The van der Waals surface area contributed by atoms with Crippen LogP contribution in [0.15, 0.2) is 16.7 Å². The molecule has 1 fully saturated rings. The van der Waals surface area contributed by atoms with E-state index >= 15 is 0 Å². The van der Waals surface area contributed by atoms with Crippen molar-refractivity contribution in [2.45, 2.75) is 12.5 Å². The van der Waals surface area contributed by atoms with Crippen LogP contribution < -0.4 is 4.90 Å². The number of halogens is 2. The largest absolute Gasteiger partial charge is 0.391 e. The van der Waals surface area contributed by atoms with Crippen LogP contribution in [0, 0.1) is 5.82 Å². The standard InChI is InChI=1S/C9H10BrFN2O/c10-6-3-8(11)9(12-4-6)13-2-1-7(14)5-13/h3-4,7,14H,1-2,5H2/t7-/m1/s1. The Morgan fingerprint density at radius 2 is 2.43 bits per heavy atom. The van der Waals surface area contributed by atoms with Gasteiger partial charge in [0.1, 0.15) is 0 Å². The van der Waals surface area contributed by atoms with Gasteiger partial charge in [0.2, 0.25) is 0 Å². The minimum Gasteiger partial charge on any atom is -0.391 e. The van der Waals surface area contributed by atoms with Crippen molar-refractivity contribution in [2.24, 2.45) is 0 Å². The number of nitrogens with zero attached hydrogens (tertiary/aromatic N) is 2. The number of pyridine rings is 1. The van der Waals surface area contributed by atoms with Crippen LogP contribution in [0.3, 0.4) is 0 Å². The normalized spacial score (nSPS) is 21.6. The summed E-state index contributed by atoms with van der Waals surface area (Å²) in [5, 5.41) is 9.31. The minimum atomic E-state index is -0.361. The Hall–Kier alpha value is -0.680. The Balaban J connectivity index is 2.24. The van der Waals surface area contributed by atoms with Crippen LogP contribution in [0.5, 0.6) is 0 Å². The van der Waals surface area contributed by atoms with E-state index in [1.165, 1.54) is 6.07 Å². The zero-order valence-electron chi connectivity index (χ0n) is 7.45. The van der Waals surface area contributed by atoms with Crippen molar-refractivity contribution in [2.75, 3.05) is 18.0 Å². The number of anilines is 1. The summed E-state index contributed by atoms with van der Waals surface area (Å²) in [7, 11) is 0. The third-order valence-corrected chi connectivity index (χ3v) is 2.68. The van der Waals surface area contributed by atoms with Gasteiger partial charge >= 0.3 is 0 Å². The first-order valence-corrected chi connectivity index (χ1v) is 5.20. The molecule has 1 aliphatic rings. The molecule has 1 aromatic heterocycles. The molecule has 0 aromatic carbocycles. The molecule has 1 N–H and O–H groups in total. The van der Waals surface area contributed by atoms with Crippen LogP contribution in [0.25, 0.3) is 0 Å². The lowest BCUT2D eigenvalue weighted by atomic mass is 10.3. The molecule has 5 heteroatoms. The van der Waals surface area contributed by atoms with E-state index in [0.717, 1.165) is 0 Å². The van der Waals surface area contributed by atoms with Gasteiger partial charge in [-0.3, -0.25) is 0 Å². The quantitative estimate of drug-likeness (QED) is 0.833. The van der Waals surface area contributed by atoms with Crippen molar-refractivity contribution in [3.63, 3.8) is 0 Å². The molecule has 2 heterocycles. The van der Waals surface area contributed by atoms with E-state index in [2.05, 4.69) is 20.9 Å². The van der Waals surface area contributed by atoms with Gasteiger partial charge in [0, 0.05) is 23.8 Å². The van der Waals surface area contributed by atoms with Crippen molar-refractivity contribution in [3.05, 3.63) is 22.6 Å². The minimum absolute atomic E-state index is 0.324. The van der Waals surface area contributed by atoms with Gasteiger partial charge in [-0.1, -0.05) is 0 Å². The third-order valence-electron chi connectivity index (χ3n) is 2.25. The summed E-state index contributed by atoms with van der Waals surface area (Å²) in [6.45, 7) is 1.12. The highest BCUT2D eigenvalue weighted by molar-refractivity contribution is 9.10. The molecular formula is C9H10BrFN2O. The van der Waals surface area contributed by atoms with Crippen molar-refractivity contribution >= 4 is 21.7 Å². The lowest BCUT2D eigenvalue weighted by molar-refractivity contribution is 0.198. The SMILES string of the molecule is O[C@@H]1CCN(c2ncc(Br)cc2F)C1. The summed E-state index contributed by atoms with van der Waals surface area (Å²) in [6, 6.07) is 1.38. The highest BCUT2D eigenvalue weighted by Gasteiger charge is 2.23. The van der Waals surface area contributed by atoms with E-state index in [0.29, 0.717) is 29.8 Å². The average Bonchev–Trinajstić information content (AvgIpc) is 2.51. The van der Waals surface area contributed by atoms with Gasteiger partial charge in [-0.25, -0.2) is 9.37 Å². The van der Waals surface area contributed by atoms with Crippen molar-refractivity contribution in [1.29, 1.82) is 0 Å². The molecule has 0 unspecified atom stereocenters. The lowest BCUT2D eigenvalue weighted by Crippen LogP contribution is -2.23. The fourth-order valence-electron chi connectivity index (χ4n) is 1.57. The maximum Gasteiger partial charge on any atom is 0.166 e. The number of hydrogen-bond acceptors (Lipinski definition) is 3. The first kappa shape index (κ1) is 9.86. The lowest BCUT2D eigenvalue weighted by Gasteiger charge is -2.16.